The molecule has 2 unspecified atom stereocenters. The summed E-state index contributed by atoms with van der Waals surface area (Å²) in [7, 11) is 1.61. The molecular weight excluding hydrogens is 308 g/mol. The van der Waals surface area contributed by atoms with Gasteiger partial charge in [-0.3, -0.25) is 9.59 Å². The van der Waals surface area contributed by atoms with E-state index in [2.05, 4.69) is 29.7 Å². The number of hydrogen-bond donors (Lipinski definition) is 2. The Labute approximate surface area is 139 Å². The molecule has 1 fully saturated rings. The van der Waals surface area contributed by atoms with Gasteiger partial charge in [0.05, 0.1) is 0 Å². The van der Waals surface area contributed by atoms with Crippen molar-refractivity contribution in [3.63, 3.8) is 0 Å². The van der Waals surface area contributed by atoms with Crippen LogP contribution in [0.2, 0.25) is 0 Å². The molecule has 0 saturated heterocycles. The quantitative estimate of drug-likeness (QED) is 0.887. The largest absolute Gasteiger partial charge is 0.355 e. The maximum atomic E-state index is 12.2. The maximum Gasteiger partial charge on any atom is 0.251 e. The Morgan fingerprint density at radius 2 is 1.91 bits per heavy atom. The van der Waals surface area contributed by atoms with Gasteiger partial charge in [0.15, 0.2) is 0 Å². The number of nitrogens with one attached hydrogen (secondary N) is 2. The van der Waals surface area contributed by atoms with E-state index in [1.807, 2.05) is 12.1 Å². The zero-order valence-electron chi connectivity index (χ0n) is 13.3. The Morgan fingerprint density at radius 1 is 1.17 bits per heavy atom. The highest BCUT2D eigenvalue weighted by molar-refractivity contribution is 7.12. The molecular formula is C18H20N2O2S. The van der Waals surface area contributed by atoms with E-state index in [-0.39, 0.29) is 17.7 Å². The van der Waals surface area contributed by atoms with Crippen LogP contribution >= 0.6 is 11.3 Å². The van der Waals surface area contributed by atoms with Crippen LogP contribution in [0.4, 0.5) is 0 Å². The Bertz CT molecular complexity index is 721. The molecule has 1 aromatic carbocycles. The van der Waals surface area contributed by atoms with E-state index in [1.54, 1.807) is 30.5 Å². The number of thiophene rings is 1. The summed E-state index contributed by atoms with van der Waals surface area (Å²) in [6, 6.07) is 11.5. The first-order chi connectivity index (χ1) is 11.1. The van der Waals surface area contributed by atoms with Crippen LogP contribution in [-0.2, 0) is 11.3 Å². The van der Waals surface area contributed by atoms with Crippen LogP contribution in [0.25, 0.3) is 0 Å². The summed E-state index contributed by atoms with van der Waals surface area (Å²) >= 11 is 1.78. The second-order valence-electron chi connectivity index (χ2n) is 5.89. The number of carbonyl (C=O) groups excluding carboxylic acids is 2. The second-order valence-corrected chi connectivity index (χ2v) is 7.21. The molecule has 2 N–H and O–H groups in total. The minimum Gasteiger partial charge on any atom is -0.355 e. The second kappa shape index (κ2) is 6.54. The summed E-state index contributed by atoms with van der Waals surface area (Å²) in [5.41, 5.74) is 1.62. The molecule has 5 heteroatoms. The first kappa shape index (κ1) is 15.7. The molecule has 1 saturated carbocycles. The summed E-state index contributed by atoms with van der Waals surface area (Å²) in [6.07, 6.45) is 0.946. The van der Waals surface area contributed by atoms with Crippen molar-refractivity contribution in [3.8, 4) is 0 Å². The van der Waals surface area contributed by atoms with E-state index in [1.165, 1.54) is 9.75 Å². The molecule has 1 aliphatic carbocycles. The minimum absolute atomic E-state index is 0.104. The summed E-state index contributed by atoms with van der Waals surface area (Å²) in [6.45, 7) is 2.59. The fourth-order valence-corrected chi connectivity index (χ4v) is 3.75. The van der Waals surface area contributed by atoms with Gasteiger partial charge in [-0.05, 0) is 43.2 Å². The van der Waals surface area contributed by atoms with Crippen molar-refractivity contribution in [1.29, 1.82) is 0 Å². The van der Waals surface area contributed by atoms with Crippen molar-refractivity contribution >= 4 is 23.2 Å². The Balaban J connectivity index is 1.51. The Hall–Kier alpha value is -2.14. The molecule has 2 atom stereocenters. The van der Waals surface area contributed by atoms with Crippen LogP contribution in [0.3, 0.4) is 0 Å². The molecule has 0 aliphatic heterocycles. The standard InChI is InChI=1S/C18H20N2O2S/c1-11-3-8-16(23-11)14-9-15(14)18(22)20-10-12-4-6-13(7-5-12)17(21)19-2/h3-8,14-15H,9-10H2,1-2H3,(H,19,21)(H,20,22). The molecule has 0 radical (unpaired) electrons. The van der Waals surface area contributed by atoms with E-state index in [4.69, 9.17) is 0 Å². The molecule has 0 spiro atoms. The molecule has 23 heavy (non-hydrogen) atoms. The number of amides is 2. The van der Waals surface area contributed by atoms with E-state index in [9.17, 15) is 9.59 Å². The molecule has 1 aliphatic rings. The van der Waals surface area contributed by atoms with Crippen molar-refractivity contribution in [1.82, 2.24) is 10.6 Å². The van der Waals surface area contributed by atoms with Crippen LogP contribution in [0.5, 0.6) is 0 Å². The van der Waals surface area contributed by atoms with Gasteiger partial charge in [0.2, 0.25) is 5.91 Å². The van der Waals surface area contributed by atoms with Crippen molar-refractivity contribution in [2.75, 3.05) is 7.05 Å². The highest BCUT2D eigenvalue weighted by Gasteiger charge is 2.44. The highest BCUT2D eigenvalue weighted by Crippen LogP contribution is 2.49. The molecule has 4 nitrogen and oxygen atoms in total. The van der Waals surface area contributed by atoms with Crippen molar-refractivity contribution < 1.29 is 9.59 Å². The van der Waals surface area contributed by atoms with Crippen molar-refractivity contribution in [2.45, 2.75) is 25.8 Å². The molecule has 2 aromatic rings. The normalized spacial score (nSPS) is 19.2. The van der Waals surface area contributed by atoms with E-state index >= 15 is 0 Å². The maximum absolute atomic E-state index is 12.2. The molecule has 0 bridgehead atoms. The van der Waals surface area contributed by atoms with Gasteiger partial charge in [0.1, 0.15) is 0 Å². The average Bonchev–Trinajstić information content (AvgIpc) is 3.26. The van der Waals surface area contributed by atoms with Gasteiger partial charge >= 0.3 is 0 Å². The number of benzene rings is 1. The highest BCUT2D eigenvalue weighted by atomic mass is 32.1. The van der Waals surface area contributed by atoms with Gasteiger partial charge in [0.25, 0.3) is 5.91 Å². The lowest BCUT2D eigenvalue weighted by molar-refractivity contribution is -0.122. The predicted molar refractivity (Wildman–Crippen MR) is 91.6 cm³/mol. The molecule has 1 aromatic heterocycles. The Morgan fingerprint density at radius 3 is 2.52 bits per heavy atom. The lowest BCUT2D eigenvalue weighted by Gasteiger charge is -2.06. The topological polar surface area (TPSA) is 58.2 Å². The van der Waals surface area contributed by atoms with Gasteiger partial charge in [-0.15, -0.1) is 11.3 Å². The van der Waals surface area contributed by atoms with E-state index in [0.717, 1.165) is 12.0 Å². The van der Waals surface area contributed by atoms with E-state index in [0.29, 0.717) is 18.0 Å². The number of carbonyl (C=O) groups is 2. The third-order valence-electron chi connectivity index (χ3n) is 4.16. The zero-order chi connectivity index (χ0) is 16.4. The van der Waals surface area contributed by atoms with Crippen LogP contribution in [-0.4, -0.2) is 18.9 Å². The smallest absolute Gasteiger partial charge is 0.251 e. The van der Waals surface area contributed by atoms with Crippen LogP contribution in [0.1, 0.15) is 38.0 Å². The van der Waals surface area contributed by atoms with Crippen LogP contribution in [0, 0.1) is 12.8 Å². The molecule has 120 valence electrons. The third kappa shape index (κ3) is 3.62. The minimum atomic E-state index is -0.104. The number of rotatable bonds is 5. The molecule has 2 amide bonds. The van der Waals surface area contributed by atoms with Gasteiger partial charge in [-0.2, -0.15) is 0 Å². The monoisotopic (exact) mass is 328 g/mol. The Kier molecular flexibility index (Phi) is 4.48. The van der Waals surface area contributed by atoms with Crippen molar-refractivity contribution in [3.05, 3.63) is 57.3 Å². The summed E-state index contributed by atoms with van der Waals surface area (Å²) in [5, 5.41) is 5.58. The average molecular weight is 328 g/mol. The van der Waals surface area contributed by atoms with Gasteiger partial charge < -0.3 is 10.6 Å². The SMILES string of the molecule is CNC(=O)c1ccc(CNC(=O)C2CC2c2ccc(C)s2)cc1. The fraction of sp³-hybridized carbons (Fsp3) is 0.333. The summed E-state index contributed by atoms with van der Waals surface area (Å²) in [5.74, 6) is 0.520. The van der Waals surface area contributed by atoms with Gasteiger partial charge in [0, 0.05) is 40.7 Å². The zero-order valence-corrected chi connectivity index (χ0v) is 14.1. The lowest BCUT2D eigenvalue weighted by atomic mass is 10.1. The summed E-state index contributed by atoms with van der Waals surface area (Å²) in [4.78, 5) is 26.3. The first-order valence-electron chi connectivity index (χ1n) is 7.73. The van der Waals surface area contributed by atoms with Gasteiger partial charge in [-0.1, -0.05) is 12.1 Å². The third-order valence-corrected chi connectivity index (χ3v) is 5.30. The molecule has 3 rings (SSSR count). The molecule has 1 heterocycles. The van der Waals surface area contributed by atoms with Gasteiger partial charge in [-0.25, -0.2) is 0 Å². The lowest BCUT2D eigenvalue weighted by Crippen LogP contribution is -2.25. The predicted octanol–water partition coefficient (Wildman–Crippen LogP) is 2.84. The van der Waals surface area contributed by atoms with E-state index < -0.39 is 0 Å². The van der Waals surface area contributed by atoms with Crippen LogP contribution < -0.4 is 10.6 Å². The number of aryl methyl sites for hydroxylation is 1. The summed E-state index contributed by atoms with van der Waals surface area (Å²) < 4.78 is 0. The van der Waals surface area contributed by atoms with Crippen molar-refractivity contribution in [2.24, 2.45) is 5.92 Å². The van der Waals surface area contributed by atoms with Crippen LogP contribution in [0.15, 0.2) is 36.4 Å². The number of hydrogen-bond acceptors (Lipinski definition) is 3. The fourth-order valence-electron chi connectivity index (χ4n) is 2.69. The first-order valence-corrected chi connectivity index (χ1v) is 8.55.